The van der Waals surface area contributed by atoms with E-state index < -0.39 is 0 Å². The molecular weight excluding hydrogens is 351 g/mol. The summed E-state index contributed by atoms with van der Waals surface area (Å²) in [7, 11) is 0. The molecule has 0 aliphatic carbocycles. The predicted octanol–water partition coefficient (Wildman–Crippen LogP) is 5.19. The Morgan fingerprint density at radius 2 is 1.87 bits per heavy atom. The zero-order chi connectivity index (χ0) is 16.4. The number of nitrogens with zero attached hydrogens (tertiary/aromatic N) is 1. The van der Waals surface area contributed by atoms with Gasteiger partial charge in [-0.3, -0.25) is 4.79 Å². The third-order valence-corrected chi connectivity index (χ3v) is 4.90. The van der Waals surface area contributed by atoms with E-state index in [-0.39, 0.29) is 5.91 Å². The number of hydrogen-bond acceptors (Lipinski definition) is 3. The molecule has 1 N–H and O–H groups in total. The molecule has 23 heavy (non-hydrogen) atoms. The van der Waals surface area contributed by atoms with Gasteiger partial charge in [0.25, 0.3) is 5.91 Å². The molecule has 3 nitrogen and oxygen atoms in total. The number of nitrogens with one attached hydrogen (secondary N) is 1. The Kier molecular flexibility index (Phi) is 4.76. The van der Waals surface area contributed by atoms with Crippen molar-refractivity contribution in [2.75, 3.05) is 0 Å². The van der Waals surface area contributed by atoms with Crippen LogP contribution in [0.4, 0.5) is 5.69 Å². The minimum atomic E-state index is -0.174. The van der Waals surface area contributed by atoms with Crippen LogP contribution in [0.15, 0.2) is 52.4 Å². The Bertz CT molecular complexity index is 829. The summed E-state index contributed by atoms with van der Waals surface area (Å²) in [5, 5.41) is 4.02. The number of benzene rings is 2. The van der Waals surface area contributed by atoms with Gasteiger partial charge in [0.2, 0.25) is 0 Å². The van der Waals surface area contributed by atoms with Crippen LogP contribution in [-0.4, -0.2) is 11.1 Å². The number of carbonyl (C=O) groups is 1. The van der Waals surface area contributed by atoms with Gasteiger partial charge in [-0.1, -0.05) is 59.1 Å². The molecule has 0 bridgehead atoms. The molecule has 1 aliphatic rings. The average molecular weight is 363 g/mol. The lowest BCUT2D eigenvalue weighted by molar-refractivity contribution is -0.115. The van der Waals surface area contributed by atoms with Gasteiger partial charge in [-0.2, -0.15) is 0 Å². The molecule has 1 heterocycles. The van der Waals surface area contributed by atoms with Crippen LogP contribution in [0.3, 0.4) is 0 Å². The molecule has 1 amide bonds. The summed E-state index contributed by atoms with van der Waals surface area (Å²) in [5.41, 5.74) is 2.67. The topological polar surface area (TPSA) is 41.5 Å². The van der Waals surface area contributed by atoms with Crippen molar-refractivity contribution >= 4 is 57.8 Å². The normalized spacial score (nSPS) is 17.8. The second-order valence-corrected chi connectivity index (χ2v) is 6.78. The van der Waals surface area contributed by atoms with E-state index in [1.807, 2.05) is 37.3 Å². The van der Waals surface area contributed by atoms with E-state index in [0.29, 0.717) is 25.8 Å². The van der Waals surface area contributed by atoms with Crippen LogP contribution >= 0.6 is 35.0 Å². The smallest absolute Gasteiger partial charge is 0.264 e. The Labute approximate surface area is 148 Å². The fraction of sp³-hybridized carbons (Fsp3) is 0.0588. The van der Waals surface area contributed by atoms with Gasteiger partial charge >= 0.3 is 0 Å². The van der Waals surface area contributed by atoms with Gasteiger partial charge < -0.3 is 5.32 Å². The number of halogens is 2. The number of aryl methyl sites for hydroxylation is 1. The Morgan fingerprint density at radius 1 is 1.13 bits per heavy atom. The van der Waals surface area contributed by atoms with E-state index in [1.54, 1.807) is 18.2 Å². The predicted molar refractivity (Wildman–Crippen MR) is 98.4 cm³/mol. The van der Waals surface area contributed by atoms with Gasteiger partial charge in [0.05, 0.1) is 20.6 Å². The lowest BCUT2D eigenvalue weighted by Crippen LogP contribution is -2.19. The SMILES string of the molecule is Cc1ccc(/C=C2\SC(=Nc3cccc(Cl)c3Cl)NC2=O)cc1. The van der Waals surface area contributed by atoms with Crippen LogP contribution in [0.2, 0.25) is 10.0 Å². The van der Waals surface area contributed by atoms with Crippen molar-refractivity contribution in [3.8, 4) is 0 Å². The van der Waals surface area contributed by atoms with Gasteiger partial charge in [0, 0.05) is 0 Å². The van der Waals surface area contributed by atoms with Crippen LogP contribution < -0.4 is 5.32 Å². The van der Waals surface area contributed by atoms with Crippen molar-refractivity contribution < 1.29 is 4.79 Å². The highest BCUT2D eigenvalue weighted by molar-refractivity contribution is 8.18. The van der Waals surface area contributed by atoms with Gasteiger partial charge in [-0.05, 0) is 42.5 Å². The molecule has 0 unspecified atom stereocenters. The van der Waals surface area contributed by atoms with Gasteiger partial charge in [0.1, 0.15) is 0 Å². The van der Waals surface area contributed by atoms with E-state index in [0.717, 1.165) is 5.56 Å². The largest absolute Gasteiger partial charge is 0.300 e. The summed E-state index contributed by atoms with van der Waals surface area (Å²) in [5.74, 6) is -0.174. The summed E-state index contributed by atoms with van der Waals surface area (Å²) < 4.78 is 0. The van der Waals surface area contributed by atoms with E-state index in [9.17, 15) is 4.79 Å². The lowest BCUT2D eigenvalue weighted by Gasteiger charge is -2.00. The molecule has 0 aromatic heterocycles. The molecule has 0 radical (unpaired) electrons. The number of carbonyl (C=O) groups excluding carboxylic acids is 1. The van der Waals surface area contributed by atoms with Crippen molar-refractivity contribution in [1.82, 2.24) is 5.32 Å². The highest BCUT2D eigenvalue weighted by Crippen LogP contribution is 2.34. The summed E-state index contributed by atoms with van der Waals surface area (Å²) in [6, 6.07) is 13.2. The highest BCUT2D eigenvalue weighted by Gasteiger charge is 2.24. The standard InChI is InChI=1S/C17H12Cl2N2OS/c1-10-5-7-11(8-6-10)9-14-16(22)21-17(23-14)20-13-4-2-3-12(18)15(13)19/h2-9H,1H3,(H,20,21,22)/b14-9-. The van der Waals surface area contributed by atoms with Crippen LogP contribution in [0.25, 0.3) is 6.08 Å². The van der Waals surface area contributed by atoms with E-state index in [1.165, 1.54) is 17.3 Å². The van der Waals surface area contributed by atoms with Crippen molar-refractivity contribution in [2.24, 2.45) is 4.99 Å². The maximum Gasteiger partial charge on any atom is 0.264 e. The average Bonchev–Trinajstić information content (AvgIpc) is 2.86. The molecule has 1 aliphatic heterocycles. The number of amidine groups is 1. The van der Waals surface area contributed by atoms with Crippen LogP contribution in [0, 0.1) is 6.92 Å². The lowest BCUT2D eigenvalue weighted by atomic mass is 10.1. The van der Waals surface area contributed by atoms with Crippen LogP contribution in [0.1, 0.15) is 11.1 Å². The first-order valence-electron chi connectivity index (χ1n) is 6.83. The first kappa shape index (κ1) is 16.1. The zero-order valence-electron chi connectivity index (χ0n) is 12.1. The molecule has 3 rings (SSSR count). The van der Waals surface area contributed by atoms with Crippen molar-refractivity contribution in [1.29, 1.82) is 0 Å². The Morgan fingerprint density at radius 3 is 2.61 bits per heavy atom. The van der Waals surface area contributed by atoms with Gasteiger partial charge in [-0.15, -0.1) is 0 Å². The molecule has 2 aromatic rings. The highest BCUT2D eigenvalue weighted by atomic mass is 35.5. The Hall–Kier alpha value is -1.75. The van der Waals surface area contributed by atoms with Crippen LogP contribution in [-0.2, 0) is 4.79 Å². The molecule has 6 heteroatoms. The summed E-state index contributed by atoms with van der Waals surface area (Å²) in [4.78, 5) is 17.0. The van der Waals surface area contributed by atoms with Crippen LogP contribution in [0.5, 0.6) is 0 Å². The fourth-order valence-corrected chi connectivity index (χ4v) is 3.16. The molecule has 1 saturated heterocycles. The third-order valence-electron chi connectivity index (χ3n) is 3.18. The van der Waals surface area contributed by atoms with E-state index >= 15 is 0 Å². The van der Waals surface area contributed by atoms with Crippen molar-refractivity contribution in [2.45, 2.75) is 6.92 Å². The first-order chi connectivity index (χ1) is 11.0. The minimum absolute atomic E-state index is 0.174. The first-order valence-corrected chi connectivity index (χ1v) is 8.40. The fourth-order valence-electron chi connectivity index (χ4n) is 1.98. The quantitative estimate of drug-likeness (QED) is 0.746. The zero-order valence-corrected chi connectivity index (χ0v) is 14.5. The molecule has 0 spiro atoms. The summed E-state index contributed by atoms with van der Waals surface area (Å²) >= 11 is 13.4. The summed E-state index contributed by atoms with van der Waals surface area (Å²) in [6.45, 7) is 2.02. The van der Waals surface area contributed by atoms with E-state index in [2.05, 4.69) is 10.3 Å². The maximum atomic E-state index is 12.1. The number of rotatable bonds is 2. The molecular formula is C17H12Cl2N2OS. The minimum Gasteiger partial charge on any atom is -0.300 e. The number of hydrogen-bond donors (Lipinski definition) is 1. The number of thioether (sulfide) groups is 1. The van der Waals surface area contributed by atoms with E-state index in [4.69, 9.17) is 23.2 Å². The monoisotopic (exact) mass is 362 g/mol. The second kappa shape index (κ2) is 6.79. The molecule has 0 atom stereocenters. The molecule has 2 aromatic carbocycles. The second-order valence-electron chi connectivity index (χ2n) is 4.97. The molecule has 1 fully saturated rings. The number of aliphatic imine (C=N–C) groups is 1. The van der Waals surface area contributed by atoms with Crippen molar-refractivity contribution in [3.05, 3.63) is 68.5 Å². The van der Waals surface area contributed by atoms with Crippen molar-refractivity contribution in [3.63, 3.8) is 0 Å². The molecule has 116 valence electrons. The Balaban J connectivity index is 1.86. The third kappa shape index (κ3) is 3.78. The molecule has 0 saturated carbocycles. The maximum absolute atomic E-state index is 12.1. The van der Waals surface area contributed by atoms with Gasteiger partial charge in [0.15, 0.2) is 5.17 Å². The summed E-state index contributed by atoms with van der Waals surface area (Å²) in [6.07, 6.45) is 1.83. The number of amides is 1. The van der Waals surface area contributed by atoms with Gasteiger partial charge in [-0.25, -0.2) is 4.99 Å².